The fraction of sp³-hybridized carbons (Fsp3) is 0.120. The third kappa shape index (κ3) is 4.25. The first-order chi connectivity index (χ1) is 14.6. The molecular formula is C25H24N4O. The molecule has 1 N–H and O–H groups in total. The predicted octanol–water partition coefficient (Wildman–Crippen LogP) is 4.92. The van der Waals surface area contributed by atoms with E-state index < -0.39 is 0 Å². The Morgan fingerprint density at radius 2 is 1.53 bits per heavy atom. The molecule has 0 saturated carbocycles. The number of aromatic nitrogens is 2. The lowest BCUT2D eigenvalue weighted by atomic mass is 10.1. The molecule has 0 spiro atoms. The van der Waals surface area contributed by atoms with Crippen molar-refractivity contribution in [3.05, 3.63) is 102 Å². The molecule has 0 fully saturated rings. The monoisotopic (exact) mass is 396 g/mol. The molecule has 0 saturated heterocycles. The number of nitrogens with one attached hydrogen (secondary N) is 1. The van der Waals surface area contributed by atoms with Crippen LogP contribution in [-0.2, 0) is 6.54 Å². The second kappa shape index (κ2) is 8.66. The zero-order chi connectivity index (χ0) is 20.9. The Hall–Kier alpha value is -3.86. The summed E-state index contributed by atoms with van der Waals surface area (Å²) in [6.45, 7) is 0.605. The summed E-state index contributed by atoms with van der Waals surface area (Å²) in [4.78, 5) is 15.3. The van der Waals surface area contributed by atoms with E-state index in [2.05, 4.69) is 10.4 Å². The van der Waals surface area contributed by atoms with Crippen LogP contribution in [0.3, 0.4) is 0 Å². The fourth-order valence-electron chi connectivity index (χ4n) is 3.22. The molecular weight excluding hydrogens is 372 g/mol. The van der Waals surface area contributed by atoms with Gasteiger partial charge in [0.25, 0.3) is 5.91 Å². The Bertz CT molecular complexity index is 1120. The van der Waals surface area contributed by atoms with Gasteiger partial charge in [-0.3, -0.25) is 4.79 Å². The van der Waals surface area contributed by atoms with Gasteiger partial charge >= 0.3 is 0 Å². The number of hydrogen-bond acceptors (Lipinski definition) is 4. The number of hydrogen-bond donors (Lipinski definition) is 1. The summed E-state index contributed by atoms with van der Waals surface area (Å²) in [5.74, 6) is 0.498. The van der Waals surface area contributed by atoms with Crippen molar-refractivity contribution in [2.45, 2.75) is 6.54 Å². The first-order valence-electron chi connectivity index (χ1n) is 9.87. The summed E-state index contributed by atoms with van der Waals surface area (Å²) in [6, 6.07) is 29.4. The molecule has 4 rings (SSSR count). The first-order valence-corrected chi connectivity index (χ1v) is 9.87. The maximum Gasteiger partial charge on any atom is 0.280 e. The largest absolute Gasteiger partial charge is 0.378 e. The van der Waals surface area contributed by atoms with Crippen molar-refractivity contribution in [1.29, 1.82) is 0 Å². The standard InChI is InChI=1S/C25H24N4O/c1-28(2)22-15-13-21(14-16-22)25(30)29-24(26-18-19-9-5-3-6-10-19)17-23(27-29)20-11-7-4-8-12-20/h3-17,26H,18H2,1-2H3. The molecule has 0 aliphatic carbocycles. The highest BCUT2D eigenvalue weighted by molar-refractivity contribution is 5.98. The average molecular weight is 396 g/mol. The van der Waals surface area contributed by atoms with Gasteiger partial charge in [0.1, 0.15) is 5.82 Å². The summed E-state index contributed by atoms with van der Waals surface area (Å²) >= 11 is 0. The maximum absolute atomic E-state index is 13.3. The topological polar surface area (TPSA) is 50.2 Å². The van der Waals surface area contributed by atoms with Crippen LogP contribution in [0.4, 0.5) is 11.5 Å². The van der Waals surface area contributed by atoms with Crippen molar-refractivity contribution in [1.82, 2.24) is 9.78 Å². The van der Waals surface area contributed by atoms with Crippen molar-refractivity contribution in [3.8, 4) is 11.3 Å². The Labute approximate surface area is 176 Å². The number of carbonyl (C=O) groups is 1. The van der Waals surface area contributed by atoms with E-state index in [0.29, 0.717) is 17.9 Å². The molecule has 0 aliphatic rings. The molecule has 0 bridgehead atoms. The summed E-state index contributed by atoms with van der Waals surface area (Å²) in [6.07, 6.45) is 0. The van der Waals surface area contributed by atoms with E-state index >= 15 is 0 Å². The second-order valence-electron chi connectivity index (χ2n) is 7.28. The first kappa shape index (κ1) is 19.5. The highest BCUT2D eigenvalue weighted by Crippen LogP contribution is 2.24. The van der Waals surface area contributed by atoms with Gasteiger partial charge < -0.3 is 10.2 Å². The molecule has 0 aliphatic heterocycles. The van der Waals surface area contributed by atoms with Gasteiger partial charge in [-0.1, -0.05) is 60.7 Å². The minimum atomic E-state index is -0.168. The molecule has 30 heavy (non-hydrogen) atoms. The lowest BCUT2D eigenvalue weighted by molar-refractivity contribution is 0.0948. The summed E-state index contributed by atoms with van der Waals surface area (Å²) in [7, 11) is 3.95. The number of rotatable bonds is 6. The van der Waals surface area contributed by atoms with Gasteiger partial charge in [0.15, 0.2) is 0 Å². The highest BCUT2D eigenvalue weighted by Gasteiger charge is 2.17. The van der Waals surface area contributed by atoms with Crippen LogP contribution in [0, 0.1) is 0 Å². The molecule has 4 aromatic rings. The van der Waals surface area contributed by atoms with Crippen LogP contribution in [0.15, 0.2) is 91.0 Å². The molecule has 150 valence electrons. The van der Waals surface area contributed by atoms with Gasteiger partial charge in [0.2, 0.25) is 0 Å². The van der Waals surface area contributed by atoms with Crippen LogP contribution in [0.1, 0.15) is 15.9 Å². The van der Waals surface area contributed by atoms with E-state index in [-0.39, 0.29) is 5.91 Å². The SMILES string of the molecule is CN(C)c1ccc(C(=O)n2nc(-c3ccccc3)cc2NCc2ccccc2)cc1. The molecule has 5 nitrogen and oxygen atoms in total. The van der Waals surface area contributed by atoms with Crippen molar-refractivity contribution >= 4 is 17.4 Å². The van der Waals surface area contributed by atoms with Crippen LogP contribution >= 0.6 is 0 Å². The van der Waals surface area contributed by atoms with E-state index in [9.17, 15) is 4.79 Å². The lowest BCUT2D eigenvalue weighted by Gasteiger charge is -2.13. The lowest BCUT2D eigenvalue weighted by Crippen LogP contribution is -2.17. The Morgan fingerprint density at radius 1 is 0.900 bits per heavy atom. The summed E-state index contributed by atoms with van der Waals surface area (Å²) < 4.78 is 1.45. The Morgan fingerprint density at radius 3 is 2.17 bits per heavy atom. The third-order valence-corrected chi connectivity index (χ3v) is 4.92. The van der Waals surface area contributed by atoms with Crippen LogP contribution in [0.25, 0.3) is 11.3 Å². The van der Waals surface area contributed by atoms with E-state index in [4.69, 9.17) is 0 Å². The minimum Gasteiger partial charge on any atom is -0.378 e. The molecule has 5 heteroatoms. The Balaban J connectivity index is 1.67. The summed E-state index contributed by atoms with van der Waals surface area (Å²) in [5.41, 5.74) is 4.49. The molecule has 0 radical (unpaired) electrons. The van der Waals surface area contributed by atoms with Crippen molar-refractivity contribution in [2.24, 2.45) is 0 Å². The number of benzene rings is 3. The van der Waals surface area contributed by atoms with Gasteiger partial charge in [-0.05, 0) is 29.8 Å². The van der Waals surface area contributed by atoms with Crippen molar-refractivity contribution in [2.75, 3.05) is 24.3 Å². The van der Waals surface area contributed by atoms with E-state index in [1.165, 1.54) is 4.68 Å². The smallest absolute Gasteiger partial charge is 0.280 e. The second-order valence-corrected chi connectivity index (χ2v) is 7.28. The maximum atomic E-state index is 13.3. The number of carbonyl (C=O) groups excluding carboxylic acids is 1. The van der Waals surface area contributed by atoms with Crippen molar-refractivity contribution < 1.29 is 4.79 Å². The van der Waals surface area contributed by atoms with Crippen LogP contribution < -0.4 is 10.2 Å². The van der Waals surface area contributed by atoms with Gasteiger partial charge in [-0.25, -0.2) is 0 Å². The Kier molecular flexibility index (Phi) is 5.61. The predicted molar refractivity (Wildman–Crippen MR) is 122 cm³/mol. The van der Waals surface area contributed by atoms with Gasteiger partial charge in [-0.2, -0.15) is 9.78 Å². The van der Waals surface area contributed by atoms with Gasteiger partial charge in [-0.15, -0.1) is 0 Å². The molecule has 0 atom stereocenters. The quantitative estimate of drug-likeness (QED) is 0.503. The molecule has 1 heterocycles. The zero-order valence-electron chi connectivity index (χ0n) is 17.1. The highest BCUT2D eigenvalue weighted by atomic mass is 16.2. The molecule has 0 unspecified atom stereocenters. The van der Waals surface area contributed by atoms with Crippen LogP contribution in [0.2, 0.25) is 0 Å². The van der Waals surface area contributed by atoms with E-state index in [1.807, 2.05) is 110 Å². The molecule has 3 aromatic carbocycles. The van der Waals surface area contributed by atoms with Crippen molar-refractivity contribution in [3.63, 3.8) is 0 Å². The molecule has 1 aromatic heterocycles. The third-order valence-electron chi connectivity index (χ3n) is 4.92. The average Bonchev–Trinajstić information content (AvgIpc) is 3.23. The normalized spacial score (nSPS) is 10.6. The van der Waals surface area contributed by atoms with Crippen LogP contribution in [-0.4, -0.2) is 29.8 Å². The van der Waals surface area contributed by atoms with Gasteiger partial charge in [0, 0.05) is 43.5 Å². The minimum absolute atomic E-state index is 0.168. The number of anilines is 2. The number of nitrogens with zero attached hydrogens (tertiary/aromatic N) is 3. The zero-order valence-corrected chi connectivity index (χ0v) is 17.1. The molecule has 0 amide bonds. The van der Waals surface area contributed by atoms with E-state index in [1.54, 1.807) is 0 Å². The summed E-state index contributed by atoms with van der Waals surface area (Å²) in [5, 5.41) is 7.99. The van der Waals surface area contributed by atoms with E-state index in [0.717, 1.165) is 22.5 Å². The van der Waals surface area contributed by atoms with Crippen LogP contribution in [0.5, 0.6) is 0 Å². The van der Waals surface area contributed by atoms with Gasteiger partial charge in [0.05, 0.1) is 5.69 Å². The fourth-order valence-corrected chi connectivity index (χ4v) is 3.22.